The summed E-state index contributed by atoms with van der Waals surface area (Å²) in [6.45, 7) is 2.59. The molecule has 5 nitrogen and oxygen atoms in total. The Morgan fingerprint density at radius 3 is 3.06 bits per heavy atom. The van der Waals surface area contributed by atoms with Crippen molar-refractivity contribution in [2.75, 3.05) is 17.2 Å². The van der Waals surface area contributed by atoms with Gasteiger partial charge >= 0.3 is 0 Å². The Hall–Kier alpha value is -1.69. The number of nitrogens with two attached hydrogens (primary N) is 1. The molecule has 18 heavy (non-hydrogen) atoms. The van der Waals surface area contributed by atoms with E-state index in [-0.39, 0.29) is 0 Å². The molecule has 0 radical (unpaired) electrons. The normalized spacial score (nSPS) is 12.5. The molecular formula is C12H16N4OS. The lowest BCUT2D eigenvalue weighted by Gasteiger charge is -2.09. The van der Waals surface area contributed by atoms with Gasteiger partial charge in [0.05, 0.1) is 18.2 Å². The molecule has 0 aliphatic carbocycles. The Kier molecular flexibility index (Phi) is 4.09. The van der Waals surface area contributed by atoms with Crippen LogP contribution in [0.15, 0.2) is 30.9 Å². The van der Waals surface area contributed by atoms with Gasteiger partial charge in [-0.2, -0.15) is 0 Å². The van der Waals surface area contributed by atoms with Crippen LogP contribution in [-0.2, 0) is 17.3 Å². The van der Waals surface area contributed by atoms with Crippen LogP contribution in [0.25, 0.3) is 11.3 Å². The first-order valence-corrected chi connectivity index (χ1v) is 7.27. The molecule has 6 heteroatoms. The molecule has 0 saturated carbocycles. The Balaban J connectivity index is 2.23. The van der Waals surface area contributed by atoms with Gasteiger partial charge < -0.3 is 10.3 Å². The van der Waals surface area contributed by atoms with Gasteiger partial charge in [-0.25, -0.2) is 9.97 Å². The van der Waals surface area contributed by atoms with Gasteiger partial charge in [-0.15, -0.1) is 0 Å². The van der Waals surface area contributed by atoms with Gasteiger partial charge in [-0.1, -0.05) is 6.92 Å². The molecule has 1 atom stereocenters. The number of imidazole rings is 1. The van der Waals surface area contributed by atoms with Crippen LogP contribution in [0.2, 0.25) is 0 Å². The minimum absolute atomic E-state index is 0.482. The average molecular weight is 264 g/mol. The quantitative estimate of drug-likeness (QED) is 0.883. The maximum absolute atomic E-state index is 11.5. The van der Waals surface area contributed by atoms with Crippen molar-refractivity contribution in [2.45, 2.75) is 13.5 Å². The summed E-state index contributed by atoms with van der Waals surface area (Å²) in [4.78, 5) is 8.19. The summed E-state index contributed by atoms with van der Waals surface area (Å²) in [5, 5.41) is 0. The number of aryl methyl sites for hydroxylation is 1. The molecule has 2 heterocycles. The lowest BCUT2D eigenvalue weighted by atomic mass is 10.2. The molecule has 0 bridgehead atoms. The van der Waals surface area contributed by atoms with E-state index in [0.29, 0.717) is 23.9 Å². The molecule has 0 amide bonds. The summed E-state index contributed by atoms with van der Waals surface area (Å²) >= 11 is 0. The first-order chi connectivity index (χ1) is 8.72. The van der Waals surface area contributed by atoms with E-state index in [4.69, 9.17) is 5.73 Å². The van der Waals surface area contributed by atoms with Crippen LogP contribution in [-0.4, -0.2) is 30.2 Å². The van der Waals surface area contributed by atoms with Crippen molar-refractivity contribution in [3.8, 4) is 11.3 Å². The molecule has 2 aromatic heterocycles. The zero-order chi connectivity index (χ0) is 13.0. The molecule has 0 fully saturated rings. The van der Waals surface area contributed by atoms with Gasteiger partial charge in [0.25, 0.3) is 0 Å². The molecule has 2 N–H and O–H groups in total. The molecule has 2 rings (SSSR count). The molecule has 2 aromatic rings. The van der Waals surface area contributed by atoms with Gasteiger partial charge in [0.15, 0.2) is 0 Å². The smallest absolute Gasteiger partial charge is 0.132 e. The molecule has 0 saturated heterocycles. The topological polar surface area (TPSA) is 73.8 Å². The van der Waals surface area contributed by atoms with E-state index in [0.717, 1.165) is 11.3 Å². The zero-order valence-corrected chi connectivity index (χ0v) is 11.1. The Bertz CT molecular complexity index is 553. The van der Waals surface area contributed by atoms with Gasteiger partial charge in [0, 0.05) is 40.6 Å². The SMILES string of the molecule is CCS(=O)CCn1cncc1-c1cccnc1N. The van der Waals surface area contributed by atoms with Crippen LogP contribution >= 0.6 is 0 Å². The van der Waals surface area contributed by atoms with Crippen LogP contribution in [0.4, 0.5) is 5.82 Å². The van der Waals surface area contributed by atoms with Crippen LogP contribution < -0.4 is 5.73 Å². The minimum Gasteiger partial charge on any atom is -0.383 e. The van der Waals surface area contributed by atoms with E-state index in [9.17, 15) is 4.21 Å². The number of anilines is 1. The number of rotatable bonds is 5. The first kappa shape index (κ1) is 12.8. The number of aromatic nitrogens is 3. The minimum atomic E-state index is -0.777. The van der Waals surface area contributed by atoms with Crippen molar-refractivity contribution in [3.05, 3.63) is 30.9 Å². The lowest BCUT2D eigenvalue weighted by Crippen LogP contribution is -2.09. The third kappa shape index (κ3) is 2.76. The van der Waals surface area contributed by atoms with Gasteiger partial charge in [-0.3, -0.25) is 4.21 Å². The maximum Gasteiger partial charge on any atom is 0.132 e. The molecule has 0 spiro atoms. The van der Waals surface area contributed by atoms with E-state index in [1.165, 1.54) is 0 Å². The zero-order valence-electron chi connectivity index (χ0n) is 10.2. The second kappa shape index (κ2) is 5.77. The predicted octanol–water partition coefficient (Wildman–Crippen LogP) is 1.30. The average Bonchev–Trinajstić information content (AvgIpc) is 2.84. The van der Waals surface area contributed by atoms with E-state index in [1.54, 1.807) is 18.7 Å². The molecule has 0 aromatic carbocycles. The maximum atomic E-state index is 11.5. The highest BCUT2D eigenvalue weighted by Gasteiger charge is 2.09. The Morgan fingerprint density at radius 2 is 2.33 bits per heavy atom. The number of pyridine rings is 1. The van der Waals surface area contributed by atoms with E-state index < -0.39 is 10.8 Å². The number of hydrogen-bond acceptors (Lipinski definition) is 4. The predicted molar refractivity (Wildman–Crippen MR) is 73.4 cm³/mol. The van der Waals surface area contributed by atoms with Gasteiger partial charge in [0.2, 0.25) is 0 Å². The fourth-order valence-electron chi connectivity index (χ4n) is 1.70. The summed E-state index contributed by atoms with van der Waals surface area (Å²) in [5.74, 6) is 1.79. The van der Waals surface area contributed by atoms with Gasteiger partial charge in [0.1, 0.15) is 5.82 Å². The summed E-state index contributed by atoms with van der Waals surface area (Å²) in [5.41, 5.74) is 7.62. The van der Waals surface area contributed by atoms with Crippen LogP contribution in [0.3, 0.4) is 0 Å². The third-order valence-electron chi connectivity index (χ3n) is 2.71. The second-order valence-electron chi connectivity index (χ2n) is 3.84. The lowest BCUT2D eigenvalue weighted by molar-refractivity contribution is 0.675. The summed E-state index contributed by atoms with van der Waals surface area (Å²) in [7, 11) is -0.777. The summed E-state index contributed by atoms with van der Waals surface area (Å²) in [6, 6.07) is 3.75. The van der Waals surface area contributed by atoms with E-state index in [1.807, 2.05) is 23.6 Å². The van der Waals surface area contributed by atoms with E-state index in [2.05, 4.69) is 9.97 Å². The fraction of sp³-hybridized carbons (Fsp3) is 0.333. The van der Waals surface area contributed by atoms with Crippen molar-refractivity contribution in [2.24, 2.45) is 0 Å². The van der Waals surface area contributed by atoms with Crippen molar-refractivity contribution in [1.29, 1.82) is 0 Å². The number of nitrogens with zero attached hydrogens (tertiary/aromatic N) is 3. The molecular weight excluding hydrogens is 248 g/mol. The van der Waals surface area contributed by atoms with Crippen LogP contribution in [0, 0.1) is 0 Å². The number of hydrogen-bond donors (Lipinski definition) is 1. The molecule has 0 aliphatic heterocycles. The fourth-order valence-corrected chi connectivity index (χ4v) is 2.39. The highest BCUT2D eigenvalue weighted by Crippen LogP contribution is 2.23. The van der Waals surface area contributed by atoms with Crippen LogP contribution in [0.5, 0.6) is 0 Å². The standard InChI is InChI=1S/C12H16N4OS/c1-2-18(17)7-6-16-9-14-8-11(16)10-4-3-5-15-12(10)13/h3-5,8-9H,2,6-7H2,1H3,(H2,13,15). The van der Waals surface area contributed by atoms with Crippen molar-refractivity contribution < 1.29 is 4.21 Å². The van der Waals surface area contributed by atoms with Crippen LogP contribution in [0.1, 0.15) is 6.92 Å². The van der Waals surface area contributed by atoms with Crippen molar-refractivity contribution in [1.82, 2.24) is 14.5 Å². The molecule has 96 valence electrons. The van der Waals surface area contributed by atoms with Crippen molar-refractivity contribution >= 4 is 16.6 Å². The molecule has 0 aliphatic rings. The largest absolute Gasteiger partial charge is 0.383 e. The van der Waals surface area contributed by atoms with Crippen molar-refractivity contribution in [3.63, 3.8) is 0 Å². The first-order valence-electron chi connectivity index (χ1n) is 5.78. The third-order valence-corrected chi connectivity index (χ3v) is 3.99. The number of nitrogen functional groups attached to an aromatic ring is 1. The summed E-state index contributed by atoms with van der Waals surface area (Å²) < 4.78 is 13.4. The molecule has 1 unspecified atom stereocenters. The summed E-state index contributed by atoms with van der Waals surface area (Å²) in [6.07, 6.45) is 5.14. The monoisotopic (exact) mass is 264 g/mol. The highest BCUT2D eigenvalue weighted by molar-refractivity contribution is 7.84. The highest BCUT2D eigenvalue weighted by atomic mass is 32.2. The second-order valence-corrected chi connectivity index (χ2v) is 5.71. The van der Waals surface area contributed by atoms with E-state index >= 15 is 0 Å². The Labute approximate surface area is 109 Å². The Morgan fingerprint density at radius 1 is 1.50 bits per heavy atom. The van der Waals surface area contributed by atoms with Gasteiger partial charge in [-0.05, 0) is 12.1 Å².